The van der Waals surface area contributed by atoms with E-state index in [0.29, 0.717) is 25.4 Å². The van der Waals surface area contributed by atoms with Gasteiger partial charge in [0, 0.05) is 26.7 Å². The number of methoxy groups -OCH3 is 1. The highest BCUT2D eigenvalue weighted by Crippen LogP contribution is 2.19. The molecule has 24 heavy (non-hydrogen) atoms. The fourth-order valence-corrected chi connectivity index (χ4v) is 2.38. The van der Waals surface area contributed by atoms with Gasteiger partial charge in [-0.2, -0.15) is 0 Å². The maximum absolute atomic E-state index is 10.2. The van der Waals surface area contributed by atoms with Gasteiger partial charge in [-0.1, -0.05) is 18.2 Å². The smallest absolute Gasteiger partial charge is 0.335 e. The largest absolute Gasteiger partial charge is 0.478 e. The van der Waals surface area contributed by atoms with Crippen molar-refractivity contribution >= 4 is 5.97 Å². The van der Waals surface area contributed by atoms with Crippen LogP contribution in [0.5, 0.6) is 0 Å². The van der Waals surface area contributed by atoms with Crippen molar-refractivity contribution in [3.05, 3.63) is 35.9 Å². The topological polar surface area (TPSA) is 74.2 Å². The third-order valence-corrected chi connectivity index (χ3v) is 3.62. The van der Waals surface area contributed by atoms with Crippen LogP contribution in [0.25, 0.3) is 0 Å². The van der Waals surface area contributed by atoms with Crippen LogP contribution in [0.4, 0.5) is 0 Å². The van der Waals surface area contributed by atoms with Gasteiger partial charge in [-0.05, 0) is 26.0 Å². The lowest BCUT2D eigenvalue weighted by molar-refractivity contribution is -0.164. The van der Waals surface area contributed by atoms with Gasteiger partial charge in [-0.15, -0.1) is 0 Å². The molecule has 6 heteroatoms. The summed E-state index contributed by atoms with van der Waals surface area (Å²) in [7, 11) is 1.72. The number of benzene rings is 1. The van der Waals surface area contributed by atoms with E-state index in [-0.39, 0.29) is 18.3 Å². The summed E-state index contributed by atoms with van der Waals surface area (Å²) >= 11 is 0. The van der Waals surface area contributed by atoms with Gasteiger partial charge in [0.05, 0.1) is 31.0 Å². The van der Waals surface area contributed by atoms with Crippen LogP contribution in [-0.2, 0) is 18.9 Å². The average molecular weight is 340 g/mol. The third-order valence-electron chi connectivity index (χ3n) is 3.62. The Labute approximate surface area is 143 Å². The van der Waals surface area contributed by atoms with Gasteiger partial charge in [0.1, 0.15) is 6.10 Å². The number of ether oxygens (including phenoxy) is 4. The van der Waals surface area contributed by atoms with E-state index in [4.69, 9.17) is 24.1 Å². The summed E-state index contributed by atoms with van der Waals surface area (Å²) < 4.78 is 21.9. The first-order valence-corrected chi connectivity index (χ1v) is 8.24. The second-order valence-corrected chi connectivity index (χ2v) is 5.29. The molecule has 0 aromatic heterocycles. The first kappa shape index (κ1) is 20.6. The van der Waals surface area contributed by atoms with E-state index in [1.54, 1.807) is 37.4 Å². The molecule has 1 heterocycles. The Morgan fingerprint density at radius 1 is 1.21 bits per heavy atom. The van der Waals surface area contributed by atoms with E-state index < -0.39 is 5.97 Å². The number of carboxylic acids is 1. The second kappa shape index (κ2) is 12.0. The summed E-state index contributed by atoms with van der Waals surface area (Å²) in [5.74, 6) is -0.879. The van der Waals surface area contributed by atoms with Gasteiger partial charge in [-0.25, -0.2) is 4.79 Å². The zero-order valence-corrected chi connectivity index (χ0v) is 14.6. The highest BCUT2D eigenvalue weighted by Gasteiger charge is 2.31. The summed E-state index contributed by atoms with van der Waals surface area (Å²) in [6, 6.07) is 8.30. The molecule has 1 saturated heterocycles. The minimum Gasteiger partial charge on any atom is -0.478 e. The molecule has 6 nitrogen and oxygen atoms in total. The predicted octanol–water partition coefficient (Wildman–Crippen LogP) is 2.62. The van der Waals surface area contributed by atoms with Gasteiger partial charge in [0.15, 0.2) is 0 Å². The number of aromatic carboxylic acids is 1. The Bertz CT molecular complexity index is 450. The summed E-state index contributed by atoms with van der Waals surface area (Å²) in [5, 5.41) is 8.38. The zero-order valence-electron chi connectivity index (χ0n) is 14.6. The van der Waals surface area contributed by atoms with Crippen molar-refractivity contribution in [1.82, 2.24) is 0 Å². The number of hydrogen-bond acceptors (Lipinski definition) is 5. The minimum absolute atomic E-state index is 0.0675. The highest BCUT2D eigenvalue weighted by molar-refractivity contribution is 5.87. The maximum Gasteiger partial charge on any atom is 0.335 e. The molecular weight excluding hydrogens is 312 g/mol. The van der Waals surface area contributed by atoms with E-state index in [0.717, 1.165) is 13.0 Å². The molecule has 136 valence electrons. The van der Waals surface area contributed by atoms with E-state index in [1.807, 2.05) is 13.8 Å². The Balaban J connectivity index is 0.000000272. The maximum atomic E-state index is 10.2. The Morgan fingerprint density at radius 3 is 2.42 bits per heavy atom. The molecule has 0 radical (unpaired) electrons. The molecule has 0 saturated carbocycles. The third kappa shape index (κ3) is 7.40. The molecule has 0 spiro atoms. The van der Waals surface area contributed by atoms with Gasteiger partial charge in [-0.3, -0.25) is 0 Å². The van der Waals surface area contributed by atoms with Crippen molar-refractivity contribution in [1.29, 1.82) is 0 Å². The molecule has 2 rings (SSSR count). The van der Waals surface area contributed by atoms with Crippen LogP contribution in [0.2, 0.25) is 0 Å². The lowest BCUT2D eigenvalue weighted by Gasteiger charge is -2.34. The molecular formula is C18H28O6. The Morgan fingerprint density at radius 2 is 1.92 bits per heavy atom. The van der Waals surface area contributed by atoms with E-state index >= 15 is 0 Å². The SMILES string of the molecule is CCOCC1CC(OC)C(OCC)CO1.O=C(O)c1ccccc1. The number of carboxylic acid groups (broad SMARTS) is 1. The number of rotatable bonds is 7. The van der Waals surface area contributed by atoms with Gasteiger partial charge in [0.25, 0.3) is 0 Å². The lowest BCUT2D eigenvalue weighted by atomic mass is 10.0. The average Bonchev–Trinajstić information content (AvgIpc) is 2.62. The molecule has 1 fully saturated rings. The lowest BCUT2D eigenvalue weighted by Crippen LogP contribution is -2.45. The predicted molar refractivity (Wildman–Crippen MR) is 90.5 cm³/mol. The molecule has 3 atom stereocenters. The summed E-state index contributed by atoms with van der Waals surface area (Å²) in [6.07, 6.45) is 1.19. The summed E-state index contributed by atoms with van der Waals surface area (Å²) in [6.45, 7) is 6.65. The van der Waals surface area contributed by atoms with Crippen LogP contribution in [0, 0.1) is 0 Å². The number of hydrogen-bond donors (Lipinski definition) is 1. The van der Waals surface area contributed by atoms with Crippen molar-refractivity contribution in [2.75, 3.05) is 33.5 Å². The van der Waals surface area contributed by atoms with E-state index in [9.17, 15) is 4.79 Å². The van der Waals surface area contributed by atoms with Gasteiger partial charge < -0.3 is 24.1 Å². The Kier molecular flexibility index (Phi) is 10.3. The second-order valence-electron chi connectivity index (χ2n) is 5.29. The van der Waals surface area contributed by atoms with E-state index in [1.165, 1.54) is 0 Å². The molecule has 3 unspecified atom stereocenters. The van der Waals surface area contributed by atoms with Crippen LogP contribution in [0.15, 0.2) is 30.3 Å². The van der Waals surface area contributed by atoms with E-state index in [2.05, 4.69) is 0 Å². The summed E-state index contributed by atoms with van der Waals surface area (Å²) in [5.41, 5.74) is 0.331. The first-order chi connectivity index (χ1) is 11.6. The van der Waals surface area contributed by atoms with Gasteiger partial charge >= 0.3 is 5.97 Å². The van der Waals surface area contributed by atoms with Crippen molar-refractivity contribution in [2.24, 2.45) is 0 Å². The standard InChI is InChI=1S/C11H22O4.C7H6O2/c1-4-13-7-9-6-10(12-3)11(8-15-9)14-5-2;8-7(9)6-4-2-1-3-5-6/h9-11H,4-8H2,1-3H3;1-5H,(H,8,9). The minimum atomic E-state index is -0.879. The van der Waals surface area contributed by atoms with Crippen molar-refractivity contribution in [3.8, 4) is 0 Å². The quantitative estimate of drug-likeness (QED) is 0.822. The molecule has 1 aromatic rings. The van der Waals surface area contributed by atoms with Crippen molar-refractivity contribution in [2.45, 2.75) is 38.6 Å². The van der Waals surface area contributed by atoms with Gasteiger partial charge in [0.2, 0.25) is 0 Å². The first-order valence-electron chi connectivity index (χ1n) is 8.24. The normalized spacial score (nSPS) is 23.2. The molecule has 1 aliphatic rings. The molecule has 0 amide bonds. The van der Waals surface area contributed by atoms with Crippen molar-refractivity contribution in [3.63, 3.8) is 0 Å². The number of carbonyl (C=O) groups is 1. The van der Waals surface area contributed by atoms with Crippen molar-refractivity contribution < 1.29 is 28.8 Å². The fourth-order valence-electron chi connectivity index (χ4n) is 2.38. The highest BCUT2D eigenvalue weighted by atomic mass is 16.6. The monoisotopic (exact) mass is 340 g/mol. The molecule has 1 aliphatic heterocycles. The zero-order chi connectivity index (χ0) is 17.8. The molecule has 1 N–H and O–H groups in total. The summed E-state index contributed by atoms with van der Waals surface area (Å²) in [4.78, 5) is 10.2. The molecule has 1 aromatic carbocycles. The fraction of sp³-hybridized carbons (Fsp3) is 0.611. The van der Waals surface area contributed by atoms with Crippen LogP contribution in [-0.4, -0.2) is 62.9 Å². The molecule has 0 bridgehead atoms. The van der Waals surface area contributed by atoms with Crippen LogP contribution < -0.4 is 0 Å². The molecule has 0 aliphatic carbocycles. The van der Waals surface area contributed by atoms with Crippen LogP contribution in [0.1, 0.15) is 30.6 Å². The van der Waals surface area contributed by atoms with Crippen LogP contribution >= 0.6 is 0 Å². The van der Waals surface area contributed by atoms with Crippen LogP contribution in [0.3, 0.4) is 0 Å². The Hall–Kier alpha value is -1.47.